The van der Waals surface area contributed by atoms with Gasteiger partial charge < -0.3 is 9.73 Å². The summed E-state index contributed by atoms with van der Waals surface area (Å²) in [5.41, 5.74) is 0. The molecule has 1 aromatic rings. The van der Waals surface area contributed by atoms with E-state index in [0.717, 1.165) is 0 Å². The zero-order chi connectivity index (χ0) is 10.6. The minimum absolute atomic E-state index is 0. The van der Waals surface area contributed by atoms with Crippen LogP contribution in [0.3, 0.4) is 0 Å². The Kier molecular flexibility index (Phi) is 6.46. The molecule has 0 spiro atoms. The number of rotatable bonds is 5. The second kappa shape index (κ2) is 6.49. The van der Waals surface area contributed by atoms with Gasteiger partial charge in [-0.05, 0) is 35.1 Å². The van der Waals surface area contributed by atoms with E-state index in [9.17, 15) is 8.42 Å². The molecule has 0 saturated heterocycles. The monoisotopic (exact) mass is 318 g/mol. The normalized spacial score (nSPS) is 11.1. The van der Waals surface area contributed by atoms with E-state index in [2.05, 4.69) is 26.0 Å². The van der Waals surface area contributed by atoms with Crippen molar-refractivity contribution >= 4 is 38.4 Å². The SMILES string of the molecule is CNCCNS(=O)(=O)c1ccc(Br)o1.Cl. The van der Waals surface area contributed by atoms with E-state index in [4.69, 9.17) is 4.42 Å². The average Bonchev–Trinajstić information content (AvgIpc) is 2.53. The fraction of sp³-hybridized carbons (Fsp3) is 0.429. The molecule has 15 heavy (non-hydrogen) atoms. The van der Waals surface area contributed by atoms with Gasteiger partial charge in [0.1, 0.15) is 0 Å². The molecule has 0 radical (unpaired) electrons. The van der Waals surface area contributed by atoms with Crippen molar-refractivity contribution in [3.05, 3.63) is 16.8 Å². The van der Waals surface area contributed by atoms with Gasteiger partial charge in [-0.25, -0.2) is 13.1 Å². The van der Waals surface area contributed by atoms with Crippen LogP contribution < -0.4 is 10.0 Å². The van der Waals surface area contributed by atoms with E-state index in [0.29, 0.717) is 17.8 Å². The maximum absolute atomic E-state index is 11.5. The van der Waals surface area contributed by atoms with Crippen molar-refractivity contribution in [3.63, 3.8) is 0 Å². The van der Waals surface area contributed by atoms with Crippen molar-refractivity contribution in [2.24, 2.45) is 0 Å². The molecule has 0 aliphatic carbocycles. The quantitative estimate of drug-likeness (QED) is 0.793. The van der Waals surface area contributed by atoms with Gasteiger partial charge in [-0.2, -0.15) is 0 Å². The minimum Gasteiger partial charge on any atom is -0.437 e. The Bertz CT molecular complexity index is 393. The second-order valence-electron chi connectivity index (χ2n) is 2.56. The number of likely N-dealkylation sites (N-methyl/N-ethyl adjacent to an activating group) is 1. The summed E-state index contributed by atoms with van der Waals surface area (Å²) in [6.45, 7) is 0.901. The lowest BCUT2D eigenvalue weighted by molar-refractivity contribution is 0.428. The van der Waals surface area contributed by atoms with Crippen molar-refractivity contribution in [1.82, 2.24) is 10.0 Å². The molecule has 0 bridgehead atoms. The Hall–Kier alpha value is -0.0800. The highest BCUT2D eigenvalue weighted by molar-refractivity contribution is 9.10. The molecule has 0 saturated carbocycles. The molecule has 5 nitrogen and oxygen atoms in total. The molecule has 1 aromatic heterocycles. The number of halogens is 2. The molecule has 0 unspecified atom stereocenters. The van der Waals surface area contributed by atoms with Gasteiger partial charge in [0.2, 0.25) is 5.09 Å². The third-order valence-corrected chi connectivity index (χ3v) is 3.24. The fourth-order valence-corrected chi connectivity index (χ4v) is 2.20. The van der Waals surface area contributed by atoms with Gasteiger partial charge in [0, 0.05) is 13.1 Å². The Morgan fingerprint density at radius 3 is 2.53 bits per heavy atom. The van der Waals surface area contributed by atoms with Gasteiger partial charge >= 0.3 is 0 Å². The Morgan fingerprint density at radius 2 is 2.07 bits per heavy atom. The summed E-state index contributed by atoms with van der Waals surface area (Å²) in [6.07, 6.45) is 0. The molecule has 0 amide bonds. The van der Waals surface area contributed by atoms with E-state index in [1.165, 1.54) is 12.1 Å². The van der Waals surface area contributed by atoms with Gasteiger partial charge in [-0.1, -0.05) is 0 Å². The fourth-order valence-electron chi connectivity index (χ4n) is 0.824. The first-order valence-corrected chi connectivity index (χ1v) is 6.23. The largest absolute Gasteiger partial charge is 0.437 e. The number of nitrogens with one attached hydrogen (secondary N) is 2. The van der Waals surface area contributed by atoms with Crippen LogP contribution in [-0.2, 0) is 10.0 Å². The lowest BCUT2D eigenvalue weighted by Gasteiger charge is -2.02. The maximum Gasteiger partial charge on any atom is 0.274 e. The Labute approximate surface area is 103 Å². The van der Waals surface area contributed by atoms with E-state index in [1.807, 2.05) is 0 Å². The van der Waals surface area contributed by atoms with Crippen molar-refractivity contribution in [2.75, 3.05) is 20.1 Å². The number of hydrogen-bond acceptors (Lipinski definition) is 4. The number of hydrogen-bond donors (Lipinski definition) is 2. The third kappa shape index (κ3) is 4.52. The molecule has 0 atom stereocenters. The van der Waals surface area contributed by atoms with E-state index in [1.54, 1.807) is 7.05 Å². The average molecular weight is 320 g/mol. The van der Waals surface area contributed by atoms with Gasteiger partial charge in [-0.15, -0.1) is 12.4 Å². The highest BCUT2D eigenvalue weighted by Crippen LogP contribution is 2.17. The van der Waals surface area contributed by atoms with Gasteiger partial charge in [0.25, 0.3) is 10.0 Å². The summed E-state index contributed by atoms with van der Waals surface area (Å²) in [4.78, 5) is 0. The third-order valence-electron chi connectivity index (χ3n) is 1.48. The molecule has 0 aliphatic heterocycles. The van der Waals surface area contributed by atoms with Crippen LogP contribution in [0.15, 0.2) is 26.3 Å². The summed E-state index contributed by atoms with van der Waals surface area (Å²) in [7, 11) is -1.75. The predicted molar refractivity (Wildman–Crippen MR) is 62.8 cm³/mol. The van der Waals surface area contributed by atoms with Crippen molar-refractivity contribution in [2.45, 2.75) is 5.09 Å². The van der Waals surface area contributed by atoms with E-state index < -0.39 is 10.0 Å². The van der Waals surface area contributed by atoms with Crippen molar-refractivity contribution in [3.8, 4) is 0 Å². The standard InChI is InChI=1S/C7H11BrN2O3S.ClH/c1-9-4-5-10-14(11,12)7-3-2-6(8)13-7;/h2-3,9-10H,4-5H2,1H3;1H. The van der Waals surface area contributed by atoms with E-state index in [-0.39, 0.29) is 17.5 Å². The predicted octanol–water partition coefficient (Wildman–Crippen LogP) is 0.962. The smallest absolute Gasteiger partial charge is 0.274 e. The van der Waals surface area contributed by atoms with Crippen LogP contribution in [0.4, 0.5) is 0 Å². The molecular formula is C7H12BrClN2O3S. The van der Waals surface area contributed by atoms with Crippen LogP contribution in [0.5, 0.6) is 0 Å². The van der Waals surface area contributed by atoms with Gasteiger partial charge in [0.05, 0.1) is 0 Å². The van der Waals surface area contributed by atoms with E-state index >= 15 is 0 Å². The summed E-state index contributed by atoms with van der Waals surface area (Å²) in [5, 5.41) is 2.75. The highest BCUT2D eigenvalue weighted by Gasteiger charge is 2.17. The first-order valence-electron chi connectivity index (χ1n) is 3.96. The van der Waals surface area contributed by atoms with Crippen molar-refractivity contribution < 1.29 is 12.8 Å². The lowest BCUT2D eigenvalue weighted by Crippen LogP contribution is -2.30. The van der Waals surface area contributed by atoms with Crippen LogP contribution >= 0.6 is 28.3 Å². The summed E-state index contributed by atoms with van der Waals surface area (Å²) in [5.74, 6) is 0. The van der Waals surface area contributed by atoms with Crippen LogP contribution in [0.25, 0.3) is 0 Å². The van der Waals surface area contributed by atoms with Crippen LogP contribution in [-0.4, -0.2) is 28.6 Å². The minimum atomic E-state index is -3.50. The lowest BCUT2D eigenvalue weighted by atomic mass is 10.7. The number of sulfonamides is 1. The second-order valence-corrected chi connectivity index (χ2v) is 5.04. The first kappa shape index (κ1) is 14.9. The van der Waals surface area contributed by atoms with Gasteiger partial charge in [-0.3, -0.25) is 0 Å². The molecule has 1 heterocycles. The van der Waals surface area contributed by atoms with Crippen LogP contribution in [0.2, 0.25) is 0 Å². The topological polar surface area (TPSA) is 71.3 Å². The Morgan fingerprint density at radius 1 is 1.40 bits per heavy atom. The first-order chi connectivity index (χ1) is 6.56. The molecular weight excluding hydrogens is 308 g/mol. The van der Waals surface area contributed by atoms with Crippen molar-refractivity contribution in [1.29, 1.82) is 0 Å². The summed E-state index contributed by atoms with van der Waals surface area (Å²) < 4.78 is 30.6. The summed E-state index contributed by atoms with van der Waals surface area (Å²) >= 11 is 3.04. The zero-order valence-electron chi connectivity index (χ0n) is 7.99. The van der Waals surface area contributed by atoms with Crippen LogP contribution in [0, 0.1) is 0 Å². The maximum atomic E-state index is 11.5. The molecule has 2 N–H and O–H groups in total. The molecule has 0 fully saturated rings. The van der Waals surface area contributed by atoms with Gasteiger partial charge in [0.15, 0.2) is 4.67 Å². The van der Waals surface area contributed by atoms with Crippen LogP contribution in [0.1, 0.15) is 0 Å². The molecule has 88 valence electrons. The molecule has 0 aromatic carbocycles. The zero-order valence-corrected chi connectivity index (χ0v) is 11.2. The molecule has 1 rings (SSSR count). The highest BCUT2D eigenvalue weighted by atomic mass is 79.9. The molecule has 0 aliphatic rings. The molecule has 8 heteroatoms. The Balaban J connectivity index is 0.00000196. The number of furan rings is 1. The summed E-state index contributed by atoms with van der Waals surface area (Å²) in [6, 6.07) is 2.93.